The monoisotopic (exact) mass is 426 g/mol. The molecular formula is C26H34O5. The van der Waals surface area contributed by atoms with Crippen molar-refractivity contribution in [3.8, 4) is 5.75 Å². The van der Waals surface area contributed by atoms with Crippen LogP contribution in [0.5, 0.6) is 5.75 Å². The van der Waals surface area contributed by atoms with Crippen LogP contribution in [0.15, 0.2) is 33.5 Å². The minimum atomic E-state index is -0.396. The average molecular weight is 427 g/mol. The normalized spacial score (nSPS) is 18.9. The van der Waals surface area contributed by atoms with E-state index in [4.69, 9.17) is 13.9 Å². The first-order valence-electron chi connectivity index (χ1n) is 11.7. The minimum absolute atomic E-state index is 0.101. The molecule has 1 aromatic heterocycles. The fraction of sp³-hybridized carbons (Fsp3) is 0.577. The Hall–Kier alpha value is -2.11. The number of hydrogen-bond acceptors (Lipinski definition) is 5. The van der Waals surface area contributed by atoms with Crippen LogP contribution in [0.4, 0.5) is 0 Å². The third-order valence-corrected chi connectivity index (χ3v) is 6.65. The van der Waals surface area contributed by atoms with E-state index >= 15 is 0 Å². The topological polar surface area (TPSA) is 68.9 Å². The predicted molar refractivity (Wildman–Crippen MR) is 120 cm³/mol. The van der Waals surface area contributed by atoms with Gasteiger partial charge in [-0.15, -0.1) is 0 Å². The average Bonchev–Trinajstić information content (AvgIpc) is 3.60. The molecule has 1 saturated carbocycles. The summed E-state index contributed by atoms with van der Waals surface area (Å²) in [6.07, 6.45) is 8.55. The summed E-state index contributed by atoms with van der Waals surface area (Å²) in [7, 11) is 1.66. The molecule has 168 valence electrons. The van der Waals surface area contributed by atoms with Gasteiger partial charge in [-0.05, 0) is 55.6 Å². The highest BCUT2D eigenvalue weighted by Gasteiger charge is 2.29. The lowest BCUT2D eigenvalue weighted by molar-refractivity contribution is 0.0655. The number of rotatable bonds is 9. The molecule has 1 atom stereocenters. The van der Waals surface area contributed by atoms with Crippen LogP contribution >= 0.6 is 0 Å². The molecule has 31 heavy (non-hydrogen) atoms. The number of fused-ring (bicyclic) bond motifs is 1. The van der Waals surface area contributed by atoms with Gasteiger partial charge in [0.05, 0.1) is 18.8 Å². The van der Waals surface area contributed by atoms with Gasteiger partial charge in [0.15, 0.2) is 0 Å². The summed E-state index contributed by atoms with van der Waals surface area (Å²) < 4.78 is 16.6. The quantitative estimate of drug-likeness (QED) is 0.567. The van der Waals surface area contributed by atoms with E-state index in [2.05, 4.69) is 18.2 Å². The maximum absolute atomic E-state index is 13.0. The van der Waals surface area contributed by atoms with Crippen LogP contribution in [0, 0.1) is 0 Å². The first-order chi connectivity index (χ1) is 15.2. The van der Waals surface area contributed by atoms with E-state index in [1.54, 1.807) is 7.11 Å². The molecule has 0 amide bonds. The lowest BCUT2D eigenvalue weighted by atomic mass is 9.86. The number of hydrogen-bond donors (Lipinski definition) is 1. The molecule has 2 aliphatic carbocycles. The molecule has 1 fully saturated rings. The SMILES string of the molecule is COCCOCCC1CCCCCc2c1oc(=O)c(Cc1ccccc1C1CC1)c2O. The van der Waals surface area contributed by atoms with E-state index < -0.39 is 5.63 Å². The Morgan fingerprint density at radius 2 is 1.90 bits per heavy atom. The second-order valence-electron chi connectivity index (χ2n) is 8.90. The molecule has 1 unspecified atom stereocenters. The standard InChI is InChI=1S/C26H34O5/c1-29-15-16-30-14-13-19-7-3-2-4-10-22-24(27)23(26(28)31-25(19)22)17-20-8-5-6-9-21(20)18-11-12-18/h5-6,8-9,18-19,27H,2-4,7,10-17H2,1H3. The molecule has 0 bridgehead atoms. The third-order valence-electron chi connectivity index (χ3n) is 6.65. The van der Waals surface area contributed by atoms with Gasteiger partial charge in [0.2, 0.25) is 0 Å². The second-order valence-corrected chi connectivity index (χ2v) is 8.90. The molecule has 0 saturated heterocycles. The van der Waals surface area contributed by atoms with E-state index in [-0.39, 0.29) is 11.7 Å². The summed E-state index contributed by atoms with van der Waals surface area (Å²) in [5, 5.41) is 11.2. The van der Waals surface area contributed by atoms with Gasteiger partial charge in [-0.1, -0.05) is 37.1 Å². The van der Waals surface area contributed by atoms with Crippen molar-refractivity contribution in [1.29, 1.82) is 0 Å². The van der Waals surface area contributed by atoms with Crippen molar-refractivity contribution < 1.29 is 19.0 Å². The van der Waals surface area contributed by atoms with Gasteiger partial charge in [-0.2, -0.15) is 0 Å². The maximum atomic E-state index is 13.0. The Bertz CT molecular complexity index is 928. The summed E-state index contributed by atoms with van der Waals surface area (Å²) in [4.78, 5) is 13.0. The smallest absolute Gasteiger partial charge is 0.343 e. The fourth-order valence-electron chi connectivity index (χ4n) is 4.77. The van der Waals surface area contributed by atoms with Crippen molar-refractivity contribution in [2.75, 3.05) is 26.9 Å². The van der Waals surface area contributed by atoms with E-state index in [0.717, 1.165) is 49.7 Å². The first kappa shape index (κ1) is 22.1. The summed E-state index contributed by atoms with van der Waals surface area (Å²) in [5.74, 6) is 1.53. The molecule has 2 aliphatic rings. The lowest BCUT2D eigenvalue weighted by Gasteiger charge is -2.23. The Morgan fingerprint density at radius 3 is 2.71 bits per heavy atom. The maximum Gasteiger partial charge on any atom is 0.343 e. The van der Waals surface area contributed by atoms with Crippen LogP contribution in [0.2, 0.25) is 0 Å². The Kier molecular flexibility index (Phi) is 7.46. The number of benzene rings is 1. The van der Waals surface area contributed by atoms with Crippen LogP contribution in [-0.2, 0) is 22.3 Å². The van der Waals surface area contributed by atoms with Crippen LogP contribution in [-0.4, -0.2) is 32.0 Å². The van der Waals surface area contributed by atoms with Crippen molar-refractivity contribution in [2.45, 2.75) is 69.6 Å². The van der Waals surface area contributed by atoms with Crippen molar-refractivity contribution in [3.63, 3.8) is 0 Å². The van der Waals surface area contributed by atoms with E-state index in [0.29, 0.717) is 43.5 Å². The molecule has 1 heterocycles. The molecule has 0 spiro atoms. The molecule has 0 aliphatic heterocycles. The molecule has 5 heteroatoms. The molecule has 5 nitrogen and oxygen atoms in total. The van der Waals surface area contributed by atoms with Gasteiger partial charge in [-0.25, -0.2) is 4.79 Å². The number of methoxy groups -OCH3 is 1. The van der Waals surface area contributed by atoms with E-state index in [9.17, 15) is 9.90 Å². The van der Waals surface area contributed by atoms with Crippen LogP contribution in [0.3, 0.4) is 0 Å². The van der Waals surface area contributed by atoms with E-state index in [1.807, 2.05) is 6.07 Å². The van der Waals surface area contributed by atoms with E-state index in [1.165, 1.54) is 18.4 Å². The zero-order valence-corrected chi connectivity index (χ0v) is 18.5. The van der Waals surface area contributed by atoms with Gasteiger partial charge in [-0.3, -0.25) is 0 Å². The molecular weight excluding hydrogens is 392 g/mol. The molecule has 2 aromatic rings. The molecule has 4 rings (SSSR count). The summed E-state index contributed by atoms with van der Waals surface area (Å²) in [5.41, 5.74) is 3.27. The largest absolute Gasteiger partial charge is 0.507 e. The van der Waals surface area contributed by atoms with Crippen molar-refractivity contribution in [3.05, 3.63) is 62.7 Å². The molecule has 0 radical (unpaired) electrons. The van der Waals surface area contributed by atoms with Crippen molar-refractivity contribution in [1.82, 2.24) is 0 Å². The van der Waals surface area contributed by atoms with Crippen LogP contribution < -0.4 is 5.63 Å². The Morgan fingerprint density at radius 1 is 1.06 bits per heavy atom. The third kappa shape index (κ3) is 5.39. The lowest BCUT2D eigenvalue weighted by Crippen LogP contribution is -2.18. The zero-order valence-electron chi connectivity index (χ0n) is 18.5. The highest BCUT2D eigenvalue weighted by atomic mass is 16.5. The van der Waals surface area contributed by atoms with Gasteiger partial charge in [0, 0.05) is 31.6 Å². The predicted octanol–water partition coefficient (Wildman–Crippen LogP) is 5.07. The molecule has 1 N–H and O–H groups in total. The molecule has 1 aromatic carbocycles. The Labute approximate surface area is 184 Å². The summed E-state index contributed by atoms with van der Waals surface area (Å²) in [6, 6.07) is 8.29. The van der Waals surface area contributed by atoms with Crippen molar-refractivity contribution >= 4 is 0 Å². The van der Waals surface area contributed by atoms with Gasteiger partial charge < -0.3 is 19.0 Å². The van der Waals surface area contributed by atoms with Crippen molar-refractivity contribution in [2.24, 2.45) is 0 Å². The van der Waals surface area contributed by atoms with Gasteiger partial charge >= 0.3 is 5.63 Å². The first-order valence-corrected chi connectivity index (χ1v) is 11.7. The highest BCUT2D eigenvalue weighted by Crippen LogP contribution is 2.43. The summed E-state index contributed by atoms with van der Waals surface area (Å²) >= 11 is 0. The zero-order chi connectivity index (χ0) is 21.6. The fourth-order valence-corrected chi connectivity index (χ4v) is 4.77. The Balaban J connectivity index is 1.60. The van der Waals surface area contributed by atoms with Gasteiger partial charge in [0.1, 0.15) is 11.5 Å². The minimum Gasteiger partial charge on any atom is -0.507 e. The van der Waals surface area contributed by atoms with Gasteiger partial charge in [0.25, 0.3) is 0 Å². The number of aromatic hydroxyl groups is 1. The summed E-state index contributed by atoms with van der Waals surface area (Å²) in [6.45, 7) is 1.72. The van der Waals surface area contributed by atoms with Crippen LogP contribution in [0.25, 0.3) is 0 Å². The second kappa shape index (κ2) is 10.5. The number of ether oxygens (including phenoxy) is 2. The highest BCUT2D eigenvalue weighted by molar-refractivity contribution is 5.45. The van der Waals surface area contributed by atoms with Crippen LogP contribution in [0.1, 0.15) is 84.8 Å².